The van der Waals surface area contributed by atoms with Crippen molar-refractivity contribution in [2.45, 2.75) is 13.2 Å². The number of halogens is 1. The molecule has 4 rings (SSSR count). The molecule has 1 N–H and O–H groups in total. The van der Waals surface area contributed by atoms with E-state index in [-0.39, 0.29) is 24.8 Å². The summed E-state index contributed by atoms with van der Waals surface area (Å²) in [6, 6.07) is 19.2. The molecule has 0 radical (unpaired) electrons. The number of rotatable bonds is 5. The van der Waals surface area contributed by atoms with Gasteiger partial charge in [-0.15, -0.1) is 5.10 Å². The molecule has 0 aliphatic carbocycles. The van der Waals surface area contributed by atoms with Gasteiger partial charge in [-0.3, -0.25) is 9.78 Å². The zero-order valence-corrected chi connectivity index (χ0v) is 14.8. The van der Waals surface area contributed by atoms with Gasteiger partial charge in [-0.1, -0.05) is 48.5 Å². The molecular formula is C21H16FN3O3. The van der Waals surface area contributed by atoms with Crippen LogP contribution in [0.2, 0.25) is 0 Å². The van der Waals surface area contributed by atoms with Crippen molar-refractivity contribution in [3.8, 4) is 5.88 Å². The highest BCUT2D eigenvalue weighted by atomic mass is 19.1. The van der Waals surface area contributed by atoms with E-state index in [0.29, 0.717) is 0 Å². The predicted octanol–water partition coefficient (Wildman–Crippen LogP) is 2.85. The molecule has 0 spiro atoms. The van der Waals surface area contributed by atoms with E-state index < -0.39 is 11.2 Å². The molecule has 0 saturated carbocycles. The van der Waals surface area contributed by atoms with E-state index in [1.54, 1.807) is 18.2 Å². The minimum Gasteiger partial charge on any atom is -0.468 e. The molecule has 0 fully saturated rings. The summed E-state index contributed by atoms with van der Waals surface area (Å²) in [4.78, 5) is 26.3. The number of fused-ring (bicyclic) bond motifs is 1. The van der Waals surface area contributed by atoms with Gasteiger partial charge in [0.15, 0.2) is 0 Å². The highest BCUT2D eigenvalue weighted by Crippen LogP contribution is 2.17. The number of hydrogen-bond donors (Lipinski definition) is 1. The molecule has 0 bridgehead atoms. The minimum atomic E-state index is -0.675. The van der Waals surface area contributed by atoms with Gasteiger partial charge in [0.25, 0.3) is 5.88 Å². The summed E-state index contributed by atoms with van der Waals surface area (Å²) in [5, 5.41) is 5.66. The van der Waals surface area contributed by atoms with Gasteiger partial charge in [-0.25, -0.2) is 13.9 Å². The first-order valence-corrected chi connectivity index (χ1v) is 8.65. The van der Waals surface area contributed by atoms with E-state index in [1.165, 1.54) is 12.1 Å². The summed E-state index contributed by atoms with van der Waals surface area (Å²) >= 11 is 0. The fourth-order valence-electron chi connectivity index (χ4n) is 2.88. The van der Waals surface area contributed by atoms with Crippen molar-refractivity contribution < 1.29 is 9.13 Å². The van der Waals surface area contributed by atoms with Gasteiger partial charge in [0.2, 0.25) is 0 Å². The summed E-state index contributed by atoms with van der Waals surface area (Å²) < 4.78 is 19.9. The molecule has 6 nitrogen and oxygen atoms in total. The number of benzene rings is 3. The van der Waals surface area contributed by atoms with Gasteiger partial charge in [0, 0.05) is 0 Å². The lowest BCUT2D eigenvalue weighted by atomic mass is 10.1. The first kappa shape index (κ1) is 17.7. The fraction of sp³-hybridized carbons (Fsp3) is 0.0952. The molecule has 1 heterocycles. The van der Waals surface area contributed by atoms with Crippen LogP contribution >= 0.6 is 0 Å². The lowest BCUT2D eigenvalue weighted by Crippen LogP contribution is -2.33. The Balaban J connectivity index is 1.60. The van der Waals surface area contributed by atoms with Crippen LogP contribution in [0.25, 0.3) is 10.8 Å². The molecule has 4 aromatic rings. The zero-order chi connectivity index (χ0) is 19.5. The molecular weight excluding hydrogens is 361 g/mol. The van der Waals surface area contributed by atoms with Crippen LogP contribution in [0, 0.1) is 5.82 Å². The van der Waals surface area contributed by atoms with Crippen LogP contribution in [-0.4, -0.2) is 14.8 Å². The van der Waals surface area contributed by atoms with Crippen molar-refractivity contribution >= 4 is 10.8 Å². The second-order valence-electron chi connectivity index (χ2n) is 6.32. The second kappa shape index (κ2) is 7.48. The van der Waals surface area contributed by atoms with Crippen LogP contribution in [-0.2, 0) is 13.2 Å². The average Bonchev–Trinajstić information content (AvgIpc) is 2.70. The van der Waals surface area contributed by atoms with E-state index in [2.05, 4.69) is 10.1 Å². The van der Waals surface area contributed by atoms with E-state index in [4.69, 9.17) is 4.74 Å². The SMILES string of the molecule is O=c1[nH]c(=O)n(Cc2ccc3cc(F)ccc3c2)nc1OCc1ccccc1. The number of nitrogens with zero attached hydrogens (tertiary/aromatic N) is 2. The molecule has 0 atom stereocenters. The van der Waals surface area contributed by atoms with Crippen molar-refractivity contribution in [2.24, 2.45) is 0 Å². The summed E-state index contributed by atoms with van der Waals surface area (Å²) in [5.74, 6) is -0.481. The number of aromatic nitrogens is 3. The number of aromatic amines is 1. The molecule has 3 aromatic carbocycles. The summed E-state index contributed by atoms with van der Waals surface area (Å²) in [6.45, 7) is 0.307. The van der Waals surface area contributed by atoms with Crippen LogP contribution in [0.15, 0.2) is 76.3 Å². The number of H-pyrrole nitrogens is 1. The van der Waals surface area contributed by atoms with Crippen LogP contribution < -0.4 is 16.0 Å². The normalized spacial score (nSPS) is 10.9. The van der Waals surface area contributed by atoms with Gasteiger partial charge in [0.05, 0.1) is 6.54 Å². The highest BCUT2D eigenvalue weighted by Gasteiger charge is 2.09. The lowest BCUT2D eigenvalue weighted by molar-refractivity contribution is 0.277. The van der Waals surface area contributed by atoms with E-state index >= 15 is 0 Å². The van der Waals surface area contributed by atoms with E-state index in [1.807, 2.05) is 36.4 Å². The van der Waals surface area contributed by atoms with Crippen molar-refractivity contribution in [1.82, 2.24) is 14.8 Å². The van der Waals surface area contributed by atoms with Crippen molar-refractivity contribution in [3.63, 3.8) is 0 Å². The van der Waals surface area contributed by atoms with Crippen molar-refractivity contribution in [3.05, 3.63) is 105 Å². The molecule has 0 saturated heterocycles. The van der Waals surface area contributed by atoms with E-state index in [0.717, 1.165) is 26.6 Å². The van der Waals surface area contributed by atoms with Crippen LogP contribution in [0.4, 0.5) is 4.39 Å². The zero-order valence-electron chi connectivity index (χ0n) is 14.8. The third kappa shape index (κ3) is 3.83. The lowest BCUT2D eigenvalue weighted by Gasteiger charge is -2.09. The molecule has 0 unspecified atom stereocenters. The molecule has 0 amide bonds. The molecule has 0 aliphatic heterocycles. The molecule has 0 aliphatic rings. The Hall–Kier alpha value is -3.74. The fourth-order valence-corrected chi connectivity index (χ4v) is 2.88. The summed E-state index contributed by atoms with van der Waals surface area (Å²) in [7, 11) is 0. The van der Waals surface area contributed by atoms with Gasteiger partial charge >= 0.3 is 11.2 Å². The quantitative estimate of drug-likeness (QED) is 0.580. The Bertz CT molecular complexity index is 1250. The highest BCUT2D eigenvalue weighted by molar-refractivity contribution is 5.83. The monoisotopic (exact) mass is 377 g/mol. The standard InChI is InChI=1S/C21H16FN3O3/c22-18-9-8-16-10-15(6-7-17(16)11-18)12-25-21(27)23-19(26)20(24-25)28-13-14-4-2-1-3-5-14/h1-11H,12-13H2,(H,23,26,27). The molecule has 7 heteroatoms. The Labute approximate surface area is 158 Å². The Kier molecular flexibility index (Phi) is 4.72. The maximum Gasteiger partial charge on any atom is 0.345 e. The number of nitrogens with one attached hydrogen (secondary N) is 1. The van der Waals surface area contributed by atoms with Crippen LogP contribution in [0.5, 0.6) is 5.88 Å². The number of ether oxygens (including phenoxy) is 1. The third-order valence-corrected chi connectivity index (χ3v) is 4.28. The first-order chi connectivity index (χ1) is 13.6. The third-order valence-electron chi connectivity index (χ3n) is 4.28. The molecule has 140 valence electrons. The minimum absolute atomic E-state index is 0.143. The van der Waals surface area contributed by atoms with Crippen molar-refractivity contribution in [2.75, 3.05) is 0 Å². The predicted molar refractivity (Wildman–Crippen MR) is 103 cm³/mol. The van der Waals surface area contributed by atoms with Crippen LogP contribution in [0.1, 0.15) is 11.1 Å². The Morgan fingerprint density at radius 2 is 1.68 bits per heavy atom. The average molecular weight is 377 g/mol. The summed E-state index contributed by atoms with van der Waals surface area (Å²) in [5.41, 5.74) is 0.361. The van der Waals surface area contributed by atoms with Gasteiger partial charge in [0.1, 0.15) is 12.4 Å². The first-order valence-electron chi connectivity index (χ1n) is 8.65. The van der Waals surface area contributed by atoms with Gasteiger partial charge < -0.3 is 4.74 Å². The smallest absolute Gasteiger partial charge is 0.345 e. The van der Waals surface area contributed by atoms with Gasteiger partial charge in [-0.2, -0.15) is 0 Å². The van der Waals surface area contributed by atoms with Crippen molar-refractivity contribution in [1.29, 1.82) is 0 Å². The molecule has 1 aromatic heterocycles. The van der Waals surface area contributed by atoms with Gasteiger partial charge in [-0.05, 0) is 40.1 Å². The topological polar surface area (TPSA) is 77.0 Å². The Morgan fingerprint density at radius 1 is 0.929 bits per heavy atom. The Morgan fingerprint density at radius 3 is 2.50 bits per heavy atom. The second-order valence-corrected chi connectivity index (χ2v) is 6.32. The maximum absolute atomic E-state index is 13.3. The number of hydrogen-bond acceptors (Lipinski definition) is 4. The summed E-state index contributed by atoms with van der Waals surface area (Å²) in [6.07, 6.45) is 0. The van der Waals surface area contributed by atoms with Crippen LogP contribution in [0.3, 0.4) is 0 Å². The maximum atomic E-state index is 13.3. The molecule has 28 heavy (non-hydrogen) atoms. The van der Waals surface area contributed by atoms with E-state index in [9.17, 15) is 14.0 Å². The largest absolute Gasteiger partial charge is 0.468 e.